The van der Waals surface area contributed by atoms with Crippen LogP contribution in [0.4, 0.5) is 0 Å². The van der Waals surface area contributed by atoms with E-state index < -0.39 is 0 Å². The van der Waals surface area contributed by atoms with Gasteiger partial charge in [-0.05, 0) is 51.4 Å². The zero-order valence-electron chi connectivity index (χ0n) is 15.4. The van der Waals surface area contributed by atoms with E-state index in [1.54, 1.807) is 0 Å². The minimum absolute atomic E-state index is 0.650. The van der Waals surface area contributed by atoms with E-state index in [2.05, 4.69) is 36.1 Å². The molecule has 0 saturated carbocycles. The summed E-state index contributed by atoms with van der Waals surface area (Å²) in [7, 11) is 4.27. The Morgan fingerprint density at radius 2 is 2.17 bits per heavy atom. The number of para-hydroxylation sites is 1. The summed E-state index contributed by atoms with van der Waals surface area (Å²) < 4.78 is 5.78. The SMILES string of the molecule is CCNC(=NCC1CCCN(C)C1)N(C)CCOc1ccccc1. The van der Waals surface area contributed by atoms with Crippen LogP contribution in [-0.2, 0) is 0 Å². The fourth-order valence-electron chi connectivity index (χ4n) is 3.03. The van der Waals surface area contributed by atoms with Crippen molar-refractivity contribution in [3.63, 3.8) is 0 Å². The maximum Gasteiger partial charge on any atom is 0.193 e. The molecule has 0 bridgehead atoms. The number of nitrogens with zero attached hydrogens (tertiary/aromatic N) is 3. The number of hydrogen-bond donors (Lipinski definition) is 1. The molecule has 1 N–H and O–H groups in total. The Balaban J connectivity index is 1.80. The first-order valence-corrected chi connectivity index (χ1v) is 9.05. The highest BCUT2D eigenvalue weighted by molar-refractivity contribution is 5.79. The standard InChI is InChI=1S/C19H32N4O/c1-4-20-19(21-15-17-9-8-12-22(2)16-17)23(3)13-14-24-18-10-6-5-7-11-18/h5-7,10-11,17H,4,8-9,12-16H2,1-3H3,(H,20,21). The average Bonchev–Trinajstić information content (AvgIpc) is 2.59. The Morgan fingerprint density at radius 3 is 2.88 bits per heavy atom. The predicted molar refractivity (Wildman–Crippen MR) is 101 cm³/mol. The summed E-state index contributed by atoms with van der Waals surface area (Å²) in [5.41, 5.74) is 0. The number of piperidine rings is 1. The Bertz CT molecular complexity index is 491. The van der Waals surface area contributed by atoms with Crippen LogP contribution in [0.5, 0.6) is 5.75 Å². The molecule has 24 heavy (non-hydrogen) atoms. The molecular formula is C19H32N4O. The second-order valence-corrected chi connectivity index (χ2v) is 6.55. The summed E-state index contributed by atoms with van der Waals surface area (Å²) >= 11 is 0. The minimum Gasteiger partial charge on any atom is -0.492 e. The largest absolute Gasteiger partial charge is 0.492 e. The quantitative estimate of drug-likeness (QED) is 0.614. The van der Waals surface area contributed by atoms with Gasteiger partial charge in [0.05, 0.1) is 6.54 Å². The van der Waals surface area contributed by atoms with Crippen LogP contribution in [0, 0.1) is 5.92 Å². The van der Waals surface area contributed by atoms with Crippen LogP contribution < -0.4 is 10.1 Å². The summed E-state index contributed by atoms with van der Waals surface area (Å²) in [5.74, 6) is 2.56. The Morgan fingerprint density at radius 1 is 1.38 bits per heavy atom. The van der Waals surface area contributed by atoms with Crippen LogP contribution in [0.3, 0.4) is 0 Å². The molecule has 5 heteroatoms. The van der Waals surface area contributed by atoms with Gasteiger partial charge in [-0.1, -0.05) is 18.2 Å². The molecule has 1 atom stereocenters. The summed E-state index contributed by atoms with van der Waals surface area (Å²) in [5, 5.41) is 3.39. The molecule has 1 saturated heterocycles. The third-order valence-corrected chi connectivity index (χ3v) is 4.36. The number of likely N-dealkylation sites (N-methyl/N-ethyl adjacent to an activating group) is 1. The molecule has 1 aliphatic rings. The molecule has 0 amide bonds. The molecule has 1 unspecified atom stereocenters. The van der Waals surface area contributed by atoms with Crippen molar-refractivity contribution < 1.29 is 4.74 Å². The van der Waals surface area contributed by atoms with Crippen molar-refractivity contribution in [2.45, 2.75) is 19.8 Å². The van der Waals surface area contributed by atoms with Crippen LogP contribution in [-0.4, -0.2) is 69.2 Å². The average molecular weight is 332 g/mol. The zero-order chi connectivity index (χ0) is 17.2. The van der Waals surface area contributed by atoms with E-state index in [1.165, 1.54) is 19.4 Å². The van der Waals surface area contributed by atoms with E-state index >= 15 is 0 Å². The molecule has 1 aliphatic heterocycles. The van der Waals surface area contributed by atoms with Crippen molar-refractivity contribution in [1.29, 1.82) is 0 Å². The lowest BCUT2D eigenvalue weighted by molar-refractivity contribution is 0.214. The van der Waals surface area contributed by atoms with Gasteiger partial charge >= 0.3 is 0 Å². The number of likely N-dealkylation sites (tertiary alicyclic amines) is 1. The van der Waals surface area contributed by atoms with Crippen molar-refractivity contribution >= 4 is 5.96 Å². The summed E-state index contributed by atoms with van der Waals surface area (Å²) in [6, 6.07) is 9.95. The lowest BCUT2D eigenvalue weighted by atomic mass is 9.99. The van der Waals surface area contributed by atoms with Gasteiger partial charge in [-0.3, -0.25) is 4.99 Å². The normalized spacial score (nSPS) is 19.1. The molecule has 2 rings (SSSR count). The molecule has 1 aromatic carbocycles. The minimum atomic E-state index is 0.650. The number of ether oxygens (including phenoxy) is 1. The van der Waals surface area contributed by atoms with Gasteiger partial charge in [-0.15, -0.1) is 0 Å². The van der Waals surface area contributed by atoms with Gasteiger partial charge < -0.3 is 19.9 Å². The molecule has 134 valence electrons. The molecule has 0 aliphatic carbocycles. The van der Waals surface area contributed by atoms with Crippen LogP contribution in [0.2, 0.25) is 0 Å². The van der Waals surface area contributed by atoms with Gasteiger partial charge in [0, 0.05) is 26.7 Å². The first-order valence-electron chi connectivity index (χ1n) is 9.05. The number of rotatable bonds is 7. The molecule has 0 spiro atoms. The van der Waals surface area contributed by atoms with E-state index in [1.807, 2.05) is 30.3 Å². The van der Waals surface area contributed by atoms with E-state index in [0.29, 0.717) is 12.5 Å². The molecule has 5 nitrogen and oxygen atoms in total. The van der Waals surface area contributed by atoms with Gasteiger partial charge in [0.2, 0.25) is 0 Å². The lowest BCUT2D eigenvalue weighted by Gasteiger charge is -2.29. The van der Waals surface area contributed by atoms with Crippen LogP contribution >= 0.6 is 0 Å². The molecule has 0 aromatic heterocycles. The van der Waals surface area contributed by atoms with Crippen molar-refractivity contribution in [1.82, 2.24) is 15.1 Å². The third kappa shape index (κ3) is 6.40. The zero-order valence-corrected chi connectivity index (χ0v) is 15.4. The Labute approximate surface area is 146 Å². The molecule has 0 radical (unpaired) electrons. The van der Waals surface area contributed by atoms with Gasteiger partial charge in [0.25, 0.3) is 0 Å². The van der Waals surface area contributed by atoms with Crippen LogP contribution in [0.15, 0.2) is 35.3 Å². The number of aliphatic imine (C=N–C) groups is 1. The number of benzene rings is 1. The highest BCUT2D eigenvalue weighted by Crippen LogP contribution is 2.15. The maximum atomic E-state index is 5.78. The second-order valence-electron chi connectivity index (χ2n) is 6.55. The first kappa shape index (κ1) is 18.6. The summed E-state index contributed by atoms with van der Waals surface area (Å²) in [6.07, 6.45) is 2.57. The molecule has 1 fully saturated rings. The maximum absolute atomic E-state index is 5.78. The van der Waals surface area contributed by atoms with Crippen LogP contribution in [0.1, 0.15) is 19.8 Å². The van der Waals surface area contributed by atoms with Crippen molar-refractivity contribution in [2.24, 2.45) is 10.9 Å². The Hall–Kier alpha value is -1.75. The number of hydrogen-bond acceptors (Lipinski definition) is 3. The fourth-order valence-corrected chi connectivity index (χ4v) is 3.03. The highest BCUT2D eigenvalue weighted by Gasteiger charge is 2.17. The fraction of sp³-hybridized carbons (Fsp3) is 0.632. The molecular weight excluding hydrogens is 300 g/mol. The van der Waals surface area contributed by atoms with Gasteiger partial charge in [-0.2, -0.15) is 0 Å². The van der Waals surface area contributed by atoms with Crippen molar-refractivity contribution in [3.05, 3.63) is 30.3 Å². The smallest absolute Gasteiger partial charge is 0.193 e. The van der Waals surface area contributed by atoms with Crippen LogP contribution in [0.25, 0.3) is 0 Å². The summed E-state index contributed by atoms with van der Waals surface area (Å²) in [4.78, 5) is 9.41. The predicted octanol–water partition coefficient (Wildman–Crippen LogP) is 2.30. The summed E-state index contributed by atoms with van der Waals surface area (Å²) in [6.45, 7) is 7.73. The topological polar surface area (TPSA) is 40.1 Å². The van der Waals surface area contributed by atoms with Crippen molar-refractivity contribution in [3.8, 4) is 5.75 Å². The highest BCUT2D eigenvalue weighted by atomic mass is 16.5. The molecule has 1 aromatic rings. The Kier molecular flexibility index (Phi) is 7.89. The number of guanidine groups is 1. The van der Waals surface area contributed by atoms with Gasteiger partial charge in [0.1, 0.15) is 12.4 Å². The molecule has 1 heterocycles. The second kappa shape index (κ2) is 10.2. The third-order valence-electron chi connectivity index (χ3n) is 4.36. The van der Waals surface area contributed by atoms with Crippen molar-refractivity contribution in [2.75, 3.05) is 53.4 Å². The lowest BCUT2D eigenvalue weighted by Crippen LogP contribution is -2.41. The van der Waals surface area contributed by atoms with E-state index in [4.69, 9.17) is 9.73 Å². The first-order chi connectivity index (χ1) is 11.7. The number of nitrogens with one attached hydrogen (secondary N) is 1. The van der Waals surface area contributed by atoms with E-state index in [0.717, 1.165) is 37.9 Å². The van der Waals surface area contributed by atoms with Gasteiger partial charge in [0.15, 0.2) is 5.96 Å². The van der Waals surface area contributed by atoms with Gasteiger partial charge in [-0.25, -0.2) is 0 Å². The van der Waals surface area contributed by atoms with E-state index in [-0.39, 0.29) is 0 Å². The monoisotopic (exact) mass is 332 g/mol. The van der Waals surface area contributed by atoms with E-state index in [9.17, 15) is 0 Å².